The summed E-state index contributed by atoms with van der Waals surface area (Å²) in [5, 5.41) is 4.26. The number of hydrogen-bond donors (Lipinski definition) is 1. The molecule has 2 aromatic rings. The van der Waals surface area contributed by atoms with Crippen molar-refractivity contribution in [3.05, 3.63) is 48.2 Å². The Morgan fingerprint density at radius 3 is 2.55 bits per heavy atom. The van der Waals surface area contributed by atoms with Crippen LogP contribution >= 0.6 is 0 Å². The van der Waals surface area contributed by atoms with Crippen molar-refractivity contribution in [1.82, 2.24) is 14.1 Å². The lowest BCUT2D eigenvalue weighted by atomic mass is 10.1. The molecule has 6 nitrogen and oxygen atoms in total. The van der Waals surface area contributed by atoms with Gasteiger partial charge in [-0.05, 0) is 25.0 Å². The van der Waals surface area contributed by atoms with Crippen LogP contribution in [0.15, 0.2) is 47.6 Å². The van der Waals surface area contributed by atoms with Gasteiger partial charge < -0.3 is 5.73 Å². The van der Waals surface area contributed by atoms with Gasteiger partial charge in [0.25, 0.3) is 10.0 Å². The number of nitrogens with two attached hydrogens (primary N) is 1. The molecule has 0 aliphatic rings. The average molecular weight is 322 g/mol. The van der Waals surface area contributed by atoms with Crippen LogP contribution in [0.5, 0.6) is 0 Å². The summed E-state index contributed by atoms with van der Waals surface area (Å²) in [4.78, 5) is 0. The van der Waals surface area contributed by atoms with Gasteiger partial charge in [0.15, 0.2) is 5.03 Å². The lowest BCUT2D eigenvalue weighted by Gasteiger charge is -2.21. The minimum Gasteiger partial charge on any atom is -0.329 e. The Morgan fingerprint density at radius 2 is 1.91 bits per heavy atom. The number of sulfonamides is 1. The van der Waals surface area contributed by atoms with E-state index in [0.717, 1.165) is 5.56 Å². The molecule has 1 aromatic heterocycles. The summed E-state index contributed by atoms with van der Waals surface area (Å²) in [5.41, 5.74) is 6.69. The fourth-order valence-electron chi connectivity index (χ4n) is 2.30. The number of benzene rings is 1. The molecule has 120 valence electrons. The van der Waals surface area contributed by atoms with Crippen molar-refractivity contribution < 1.29 is 8.42 Å². The highest BCUT2D eigenvalue weighted by Crippen LogP contribution is 2.16. The second-order valence-electron chi connectivity index (χ2n) is 4.91. The standard InChI is InChI=1S/C15H22N4O2S/c1-2-19-15(8-11-17-19)22(20,21)18(13-10-16)12-9-14-6-4-3-5-7-14/h3-8,11H,2,9-10,12-13,16H2,1H3. The summed E-state index contributed by atoms with van der Waals surface area (Å²) >= 11 is 0. The minimum atomic E-state index is -3.58. The zero-order chi connectivity index (χ0) is 16.0. The molecule has 0 fully saturated rings. The van der Waals surface area contributed by atoms with Crippen molar-refractivity contribution in [2.75, 3.05) is 19.6 Å². The molecule has 0 aliphatic heterocycles. The van der Waals surface area contributed by atoms with E-state index in [4.69, 9.17) is 5.73 Å². The van der Waals surface area contributed by atoms with Crippen LogP contribution < -0.4 is 5.73 Å². The number of hydrogen-bond acceptors (Lipinski definition) is 4. The summed E-state index contributed by atoms with van der Waals surface area (Å²) in [6, 6.07) is 11.3. The Hall–Kier alpha value is -1.70. The van der Waals surface area contributed by atoms with E-state index in [1.165, 1.54) is 21.3 Å². The quantitative estimate of drug-likeness (QED) is 0.789. The molecular formula is C15H22N4O2S. The van der Waals surface area contributed by atoms with E-state index in [9.17, 15) is 8.42 Å². The molecule has 22 heavy (non-hydrogen) atoms. The van der Waals surface area contributed by atoms with E-state index < -0.39 is 10.0 Å². The third-order valence-corrected chi connectivity index (χ3v) is 5.37. The molecule has 0 bridgehead atoms. The maximum Gasteiger partial charge on any atom is 0.260 e. The van der Waals surface area contributed by atoms with Gasteiger partial charge in [0.1, 0.15) is 0 Å². The molecule has 0 aliphatic carbocycles. The van der Waals surface area contributed by atoms with Crippen LogP contribution in [-0.2, 0) is 23.0 Å². The van der Waals surface area contributed by atoms with Gasteiger partial charge in [-0.3, -0.25) is 4.68 Å². The van der Waals surface area contributed by atoms with Gasteiger partial charge in [-0.25, -0.2) is 8.42 Å². The summed E-state index contributed by atoms with van der Waals surface area (Å²) < 4.78 is 28.5. The topological polar surface area (TPSA) is 81.2 Å². The van der Waals surface area contributed by atoms with Crippen LogP contribution in [0, 0.1) is 0 Å². The monoisotopic (exact) mass is 322 g/mol. The SMILES string of the molecule is CCn1nccc1S(=O)(=O)N(CCN)CCc1ccccc1. The molecular weight excluding hydrogens is 300 g/mol. The lowest BCUT2D eigenvalue weighted by Crippen LogP contribution is -2.37. The minimum absolute atomic E-state index is 0.219. The van der Waals surface area contributed by atoms with Gasteiger partial charge in [0.05, 0.1) is 6.20 Å². The number of rotatable bonds is 8. The lowest BCUT2D eigenvalue weighted by molar-refractivity contribution is 0.413. The van der Waals surface area contributed by atoms with Gasteiger partial charge in [-0.2, -0.15) is 9.40 Å². The van der Waals surface area contributed by atoms with Crippen molar-refractivity contribution in [3.63, 3.8) is 0 Å². The Balaban J connectivity index is 2.19. The first kappa shape index (κ1) is 16.7. The smallest absolute Gasteiger partial charge is 0.260 e. The average Bonchev–Trinajstić information content (AvgIpc) is 3.01. The van der Waals surface area contributed by atoms with Gasteiger partial charge in [-0.15, -0.1) is 0 Å². The van der Waals surface area contributed by atoms with E-state index >= 15 is 0 Å². The van der Waals surface area contributed by atoms with Crippen LogP contribution in [0.25, 0.3) is 0 Å². The Kier molecular flexibility index (Phi) is 5.70. The molecule has 0 atom stereocenters. The van der Waals surface area contributed by atoms with Crippen molar-refractivity contribution in [2.45, 2.75) is 24.9 Å². The molecule has 0 amide bonds. The first-order chi connectivity index (χ1) is 10.6. The summed E-state index contributed by atoms with van der Waals surface area (Å²) in [6.07, 6.45) is 2.16. The Labute approximate surface area is 131 Å². The van der Waals surface area contributed by atoms with E-state index in [1.54, 1.807) is 0 Å². The summed E-state index contributed by atoms with van der Waals surface area (Å²) in [5.74, 6) is 0. The van der Waals surface area contributed by atoms with Crippen LogP contribution in [0.2, 0.25) is 0 Å². The number of aryl methyl sites for hydroxylation is 1. The van der Waals surface area contributed by atoms with E-state index in [-0.39, 0.29) is 11.6 Å². The Bertz CT molecular complexity index is 683. The Morgan fingerprint density at radius 1 is 1.18 bits per heavy atom. The molecule has 0 saturated heterocycles. The molecule has 2 rings (SSSR count). The van der Waals surface area contributed by atoms with Gasteiger partial charge in [-0.1, -0.05) is 30.3 Å². The highest BCUT2D eigenvalue weighted by atomic mass is 32.2. The highest BCUT2D eigenvalue weighted by Gasteiger charge is 2.26. The van der Waals surface area contributed by atoms with Crippen molar-refractivity contribution in [3.8, 4) is 0 Å². The van der Waals surface area contributed by atoms with Crippen LogP contribution in [0.4, 0.5) is 0 Å². The maximum absolute atomic E-state index is 12.8. The van der Waals surface area contributed by atoms with Crippen LogP contribution in [0.1, 0.15) is 12.5 Å². The fourth-order valence-corrected chi connectivity index (χ4v) is 3.92. The third-order valence-electron chi connectivity index (χ3n) is 3.45. The van der Waals surface area contributed by atoms with E-state index in [1.807, 2.05) is 37.3 Å². The van der Waals surface area contributed by atoms with Crippen LogP contribution in [-0.4, -0.2) is 42.1 Å². The van der Waals surface area contributed by atoms with Gasteiger partial charge >= 0.3 is 0 Å². The summed E-state index contributed by atoms with van der Waals surface area (Å²) in [6.45, 7) is 3.36. The summed E-state index contributed by atoms with van der Waals surface area (Å²) in [7, 11) is -3.58. The third kappa shape index (κ3) is 3.73. The fraction of sp³-hybridized carbons (Fsp3) is 0.400. The number of aromatic nitrogens is 2. The normalized spacial score (nSPS) is 12.0. The molecule has 0 spiro atoms. The van der Waals surface area contributed by atoms with E-state index in [2.05, 4.69) is 5.10 Å². The largest absolute Gasteiger partial charge is 0.329 e. The first-order valence-electron chi connectivity index (χ1n) is 7.35. The zero-order valence-electron chi connectivity index (χ0n) is 12.7. The zero-order valence-corrected chi connectivity index (χ0v) is 13.5. The van der Waals surface area contributed by atoms with Gasteiger partial charge in [0, 0.05) is 26.2 Å². The van der Waals surface area contributed by atoms with Crippen molar-refractivity contribution in [2.24, 2.45) is 5.73 Å². The number of nitrogens with zero attached hydrogens (tertiary/aromatic N) is 3. The maximum atomic E-state index is 12.8. The van der Waals surface area contributed by atoms with Crippen molar-refractivity contribution >= 4 is 10.0 Å². The molecule has 0 unspecified atom stereocenters. The molecule has 7 heteroatoms. The van der Waals surface area contributed by atoms with Crippen LogP contribution in [0.3, 0.4) is 0 Å². The molecule has 1 heterocycles. The predicted molar refractivity (Wildman–Crippen MR) is 85.9 cm³/mol. The second-order valence-corrected chi connectivity index (χ2v) is 6.80. The van der Waals surface area contributed by atoms with Crippen molar-refractivity contribution in [1.29, 1.82) is 0 Å². The molecule has 1 aromatic carbocycles. The molecule has 0 saturated carbocycles. The molecule has 0 radical (unpaired) electrons. The predicted octanol–water partition coefficient (Wildman–Crippen LogP) is 1.10. The highest BCUT2D eigenvalue weighted by molar-refractivity contribution is 7.89. The first-order valence-corrected chi connectivity index (χ1v) is 8.79. The molecule has 2 N–H and O–H groups in total. The van der Waals surface area contributed by atoms with E-state index in [0.29, 0.717) is 26.1 Å². The second kappa shape index (κ2) is 7.53. The van der Waals surface area contributed by atoms with Gasteiger partial charge in [0.2, 0.25) is 0 Å².